The Hall–Kier alpha value is -1.07. The normalized spacial score (nSPS) is 16.8. The molecular formula is C20H31Cl2N3O. The van der Waals surface area contributed by atoms with Crippen LogP contribution in [0.25, 0.3) is 0 Å². The molecule has 1 atom stereocenters. The number of aromatic nitrogens is 1. The van der Waals surface area contributed by atoms with Crippen molar-refractivity contribution in [3.63, 3.8) is 0 Å². The van der Waals surface area contributed by atoms with E-state index in [0.717, 1.165) is 37.6 Å². The second-order valence-corrected chi connectivity index (χ2v) is 7.30. The van der Waals surface area contributed by atoms with Crippen LogP contribution in [0, 0.1) is 13.8 Å². The lowest BCUT2D eigenvalue weighted by Gasteiger charge is -2.38. The van der Waals surface area contributed by atoms with Gasteiger partial charge in [0.2, 0.25) is 0 Å². The summed E-state index contributed by atoms with van der Waals surface area (Å²) in [6.07, 6.45) is 0. The van der Waals surface area contributed by atoms with Gasteiger partial charge in [-0.15, -0.1) is 24.8 Å². The lowest BCUT2D eigenvalue weighted by atomic mass is 9.92. The molecule has 146 valence electrons. The average Bonchev–Trinajstić information content (AvgIpc) is 2.90. The number of rotatable bonds is 4. The van der Waals surface area contributed by atoms with E-state index in [1.807, 2.05) is 6.92 Å². The van der Waals surface area contributed by atoms with E-state index in [0.29, 0.717) is 5.92 Å². The maximum Gasteiger partial charge on any atom is 0.139 e. The fourth-order valence-electron chi connectivity index (χ4n) is 3.58. The highest BCUT2D eigenvalue weighted by molar-refractivity contribution is 5.85. The Morgan fingerprint density at radius 2 is 1.46 bits per heavy atom. The molecule has 0 N–H and O–H groups in total. The standard InChI is InChI=1S/C20H29N3O.2ClH/c1-14(2)17-6-8-18(9-7-17)20(19-15(3)21-24-16(19)4)23-12-10-22(5)11-13-23;;/h6-9,14,20H,10-13H2,1-5H3;2*1H. The monoisotopic (exact) mass is 399 g/mol. The first-order valence-electron chi connectivity index (χ1n) is 8.92. The largest absolute Gasteiger partial charge is 0.361 e. The van der Waals surface area contributed by atoms with Gasteiger partial charge >= 0.3 is 0 Å². The van der Waals surface area contributed by atoms with E-state index in [2.05, 4.69) is 67.0 Å². The summed E-state index contributed by atoms with van der Waals surface area (Å²) >= 11 is 0. The first-order valence-corrected chi connectivity index (χ1v) is 8.92. The fourth-order valence-corrected chi connectivity index (χ4v) is 3.58. The van der Waals surface area contributed by atoms with Crippen molar-refractivity contribution in [3.8, 4) is 0 Å². The Balaban J connectivity index is 0.00000169. The minimum atomic E-state index is 0. The second kappa shape index (κ2) is 9.75. The summed E-state index contributed by atoms with van der Waals surface area (Å²) < 4.78 is 5.48. The lowest BCUT2D eigenvalue weighted by molar-refractivity contribution is 0.126. The van der Waals surface area contributed by atoms with Crippen molar-refractivity contribution in [2.75, 3.05) is 33.2 Å². The van der Waals surface area contributed by atoms with Crippen molar-refractivity contribution in [1.82, 2.24) is 15.0 Å². The Bertz CT molecular complexity index is 657. The van der Waals surface area contributed by atoms with Crippen molar-refractivity contribution < 1.29 is 4.52 Å². The van der Waals surface area contributed by atoms with Gasteiger partial charge in [-0.2, -0.15) is 0 Å². The Morgan fingerprint density at radius 1 is 0.923 bits per heavy atom. The molecule has 0 saturated carbocycles. The van der Waals surface area contributed by atoms with E-state index < -0.39 is 0 Å². The quantitative estimate of drug-likeness (QED) is 0.751. The molecule has 3 rings (SSSR count). The molecule has 0 spiro atoms. The van der Waals surface area contributed by atoms with Crippen LogP contribution in [0.5, 0.6) is 0 Å². The number of benzene rings is 1. The van der Waals surface area contributed by atoms with Gasteiger partial charge in [0.1, 0.15) is 5.76 Å². The zero-order valence-corrected chi connectivity index (χ0v) is 18.0. The van der Waals surface area contributed by atoms with Crippen LogP contribution in [0.4, 0.5) is 0 Å². The summed E-state index contributed by atoms with van der Waals surface area (Å²) in [6.45, 7) is 12.9. The number of likely N-dealkylation sites (N-methyl/N-ethyl adjacent to an activating group) is 1. The number of piperazine rings is 1. The van der Waals surface area contributed by atoms with Crippen molar-refractivity contribution in [3.05, 3.63) is 52.4 Å². The van der Waals surface area contributed by atoms with Crippen LogP contribution < -0.4 is 0 Å². The second-order valence-electron chi connectivity index (χ2n) is 7.30. The van der Waals surface area contributed by atoms with Gasteiger partial charge in [0.15, 0.2) is 0 Å². The SMILES string of the molecule is Cc1noc(C)c1C(c1ccc(C(C)C)cc1)N1CCN(C)CC1.Cl.Cl. The number of hydrogen-bond acceptors (Lipinski definition) is 4. The summed E-state index contributed by atoms with van der Waals surface area (Å²) in [5.74, 6) is 1.49. The predicted molar refractivity (Wildman–Crippen MR) is 112 cm³/mol. The molecule has 2 heterocycles. The summed E-state index contributed by atoms with van der Waals surface area (Å²) in [5.41, 5.74) is 4.95. The van der Waals surface area contributed by atoms with E-state index in [1.165, 1.54) is 16.7 Å². The summed E-state index contributed by atoms with van der Waals surface area (Å²) in [7, 11) is 2.19. The van der Waals surface area contributed by atoms with E-state index in [9.17, 15) is 0 Å². The number of halogens is 2. The zero-order chi connectivity index (χ0) is 17.3. The minimum absolute atomic E-state index is 0. The molecule has 4 nitrogen and oxygen atoms in total. The van der Waals surface area contributed by atoms with Crippen molar-refractivity contribution >= 4 is 24.8 Å². The number of aryl methyl sites for hydroxylation is 2. The molecule has 0 bridgehead atoms. The molecule has 1 aliphatic rings. The highest BCUT2D eigenvalue weighted by atomic mass is 35.5. The third-order valence-electron chi connectivity index (χ3n) is 5.18. The van der Waals surface area contributed by atoms with Gasteiger partial charge in [-0.25, -0.2) is 0 Å². The zero-order valence-electron chi connectivity index (χ0n) is 16.4. The van der Waals surface area contributed by atoms with Gasteiger partial charge in [-0.3, -0.25) is 4.90 Å². The summed E-state index contributed by atoms with van der Waals surface area (Å²) in [4.78, 5) is 4.96. The van der Waals surface area contributed by atoms with Crippen molar-refractivity contribution in [2.24, 2.45) is 0 Å². The summed E-state index contributed by atoms with van der Waals surface area (Å²) in [5, 5.41) is 4.21. The molecule has 1 aromatic carbocycles. The van der Waals surface area contributed by atoms with Crippen LogP contribution in [0.2, 0.25) is 0 Å². The third kappa shape index (κ3) is 4.80. The van der Waals surface area contributed by atoms with Crippen LogP contribution in [0.3, 0.4) is 0 Å². The number of nitrogens with zero attached hydrogens (tertiary/aromatic N) is 3. The molecule has 2 aromatic rings. The molecule has 0 radical (unpaired) electrons. The molecule has 1 aromatic heterocycles. The topological polar surface area (TPSA) is 32.5 Å². The Labute approximate surface area is 169 Å². The van der Waals surface area contributed by atoms with Gasteiger partial charge in [0.25, 0.3) is 0 Å². The lowest BCUT2D eigenvalue weighted by Crippen LogP contribution is -2.46. The van der Waals surface area contributed by atoms with Crippen LogP contribution in [0.15, 0.2) is 28.8 Å². The molecule has 1 unspecified atom stereocenters. The number of hydrogen-bond donors (Lipinski definition) is 0. The fraction of sp³-hybridized carbons (Fsp3) is 0.550. The first kappa shape index (κ1) is 23.0. The molecule has 6 heteroatoms. The molecule has 1 saturated heterocycles. The van der Waals surface area contributed by atoms with Gasteiger partial charge in [-0.1, -0.05) is 43.3 Å². The van der Waals surface area contributed by atoms with E-state index in [1.54, 1.807) is 0 Å². The maximum absolute atomic E-state index is 5.48. The molecule has 0 aliphatic carbocycles. The third-order valence-corrected chi connectivity index (χ3v) is 5.18. The maximum atomic E-state index is 5.48. The van der Waals surface area contributed by atoms with Gasteiger partial charge in [-0.05, 0) is 37.9 Å². The van der Waals surface area contributed by atoms with Crippen LogP contribution in [0.1, 0.15) is 54.0 Å². The highest BCUT2D eigenvalue weighted by Crippen LogP contribution is 2.34. The first-order chi connectivity index (χ1) is 11.5. The molecule has 0 amide bonds. The molecule has 1 aliphatic heterocycles. The van der Waals surface area contributed by atoms with Crippen molar-refractivity contribution in [1.29, 1.82) is 0 Å². The summed E-state index contributed by atoms with van der Waals surface area (Å²) in [6, 6.07) is 9.32. The van der Waals surface area contributed by atoms with E-state index in [-0.39, 0.29) is 30.9 Å². The van der Waals surface area contributed by atoms with Gasteiger partial charge in [0, 0.05) is 31.7 Å². The van der Waals surface area contributed by atoms with E-state index >= 15 is 0 Å². The Morgan fingerprint density at radius 3 is 1.92 bits per heavy atom. The molecule has 1 fully saturated rings. The van der Waals surface area contributed by atoms with Gasteiger partial charge < -0.3 is 9.42 Å². The highest BCUT2D eigenvalue weighted by Gasteiger charge is 2.30. The molecular weight excluding hydrogens is 369 g/mol. The van der Waals surface area contributed by atoms with Gasteiger partial charge in [0.05, 0.1) is 11.7 Å². The predicted octanol–water partition coefficient (Wildman–Crippen LogP) is 4.60. The van der Waals surface area contributed by atoms with Crippen LogP contribution in [-0.2, 0) is 0 Å². The average molecular weight is 400 g/mol. The van der Waals surface area contributed by atoms with Crippen LogP contribution in [-0.4, -0.2) is 48.2 Å². The van der Waals surface area contributed by atoms with Crippen LogP contribution >= 0.6 is 24.8 Å². The van der Waals surface area contributed by atoms with Crippen molar-refractivity contribution in [2.45, 2.75) is 39.7 Å². The smallest absolute Gasteiger partial charge is 0.139 e. The van der Waals surface area contributed by atoms with E-state index in [4.69, 9.17) is 4.52 Å². The Kier molecular flexibility index (Phi) is 8.61. The minimum Gasteiger partial charge on any atom is -0.361 e. The molecule has 26 heavy (non-hydrogen) atoms.